The molecule has 0 aliphatic heterocycles. The predicted molar refractivity (Wildman–Crippen MR) is 67.6 cm³/mol. The first-order valence-corrected chi connectivity index (χ1v) is 6.86. The molecular weight excluding hydrogens is 236 g/mol. The molecule has 0 spiro atoms. The SMILES string of the molecule is COc1nccnc1C(=O)CSC1CCCC1. The normalized spacial score (nSPS) is 16.1. The maximum atomic E-state index is 12.0. The molecule has 1 heterocycles. The Kier molecular flexibility index (Phi) is 4.36. The average molecular weight is 252 g/mol. The molecule has 0 unspecified atom stereocenters. The second kappa shape index (κ2) is 6.00. The zero-order chi connectivity index (χ0) is 12.1. The van der Waals surface area contributed by atoms with Crippen molar-refractivity contribution in [3.8, 4) is 5.88 Å². The fourth-order valence-corrected chi connectivity index (χ4v) is 3.17. The van der Waals surface area contributed by atoms with Crippen molar-refractivity contribution < 1.29 is 9.53 Å². The highest BCUT2D eigenvalue weighted by atomic mass is 32.2. The molecule has 2 rings (SSSR count). The molecule has 0 saturated heterocycles. The molecule has 0 bridgehead atoms. The van der Waals surface area contributed by atoms with E-state index in [-0.39, 0.29) is 5.78 Å². The van der Waals surface area contributed by atoms with Gasteiger partial charge in [-0.25, -0.2) is 9.97 Å². The van der Waals surface area contributed by atoms with E-state index >= 15 is 0 Å². The van der Waals surface area contributed by atoms with Crippen molar-refractivity contribution in [1.29, 1.82) is 0 Å². The Morgan fingerprint density at radius 3 is 2.82 bits per heavy atom. The zero-order valence-electron chi connectivity index (χ0n) is 9.89. The van der Waals surface area contributed by atoms with Gasteiger partial charge in [-0.1, -0.05) is 12.8 Å². The van der Waals surface area contributed by atoms with Gasteiger partial charge in [0.1, 0.15) is 0 Å². The highest BCUT2D eigenvalue weighted by Gasteiger charge is 2.19. The summed E-state index contributed by atoms with van der Waals surface area (Å²) in [6.07, 6.45) is 8.10. The monoisotopic (exact) mass is 252 g/mol. The lowest BCUT2D eigenvalue weighted by molar-refractivity contribution is 0.101. The van der Waals surface area contributed by atoms with Crippen LogP contribution in [0, 0.1) is 0 Å². The molecule has 1 aromatic heterocycles. The van der Waals surface area contributed by atoms with E-state index in [9.17, 15) is 4.79 Å². The number of rotatable bonds is 5. The number of carbonyl (C=O) groups excluding carboxylic acids is 1. The molecule has 17 heavy (non-hydrogen) atoms. The van der Waals surface area contributed by atoms with Gasteiger partial charge in [0.2, 0.25) is 5.88 Å². The summed E-state index contributed by atoms with van der Waals surface area (Å²) in [5.74, 6) is 0.802. The summed E-state index contributed by atoms with van der Waals surface area (Å²) >= 11 is 1.73. The molecule has 0 amide bonds. The molecule has 1 saturated carbocycles. The summed E-state index contributed by atoms with van der Waals surface area (Å²) in [5, 5.41) is 0.640. The molecule has 0 atom stereocenters. The smallest absolute Gasteiger partial charge is 0.243 e. The molecule has 4 nitrogen and oxygen atoms in total. The fourth-order valence-electron chi connectivity index (χ4n) is 1.98. The topological polar surface area (TPSA) is 52.1 Å². The molecular formula is C12H16N2O2S. The van der Waals surface area contributed by atoms with Gasteiger partial charge in [-0.15, -0.1) is 0 Å². The number of methoxy groups -OCH3 is 1. The van der Waals surface area contributed by atoms with E-state index in [2.05, 4.69) is 9.97 Å². The number of Topliss-reactive ketones (excluding diaryl/α,β-unsaturated/α-hetero) is 1. The lowest BCUT2D eigenvalue weighted by atomic mass is 10.3. The van der Waals surface area contributed by atoms with E-state index in [1.165, 1.54) is 45.2 Å². The Labute approximate surface area is 105 Å². The van der Waals surface area contributed by atoms with Crippen LogP contribution in [0.15, 0.2) is 12.4 Å². The van der Waals surface area contributed by atoms with Crippen molar-refractivity contribution in [2.75, 3.05) is 12.9 Å². The van der Waals surface area contributed by atoms with E-state index in [0.717, 1.165) is 0 Å². The van der Waals surface area contributed by atoms with Crippen molar-refractivity contribution >= 4 is 17.5 Å². The van der Waals surface area contributed by atoms with E-state index in [1.54, 1.807) is 11.8 Å². The van der Waals surface area contributed by atoms with Gasteiger partial charge < -0.3 is 4.74 Å². The van der Waals surface area contributed by atoms with Gasteiger partial charge in [0, 0.05) is 17.6 Å². The summed E-state index contributed by atoms with van der Waals surface area (Å²) < 4.78 is 5.03. The minimum Gasteiger partial charge on any atom is -0.479 e. The maximum absolute atomic E-state index is 12.0. The van der Waals surface area contributed by atoms with Crippen LogP contribution in [-0.2, 0) is 0 Å². The van der Waals surface area contributed by atoms with E-state index in [0.29, 0.717) is 22.6 Å². The third-order valence-corrected chi connectivity index (χ3v) is 4.25. The van der Waals surface area contributed by atoms with Crippen LogP contribution in [0.25, 0.3) is 0 Å². The lowest BCUT2D eigenvalue weighted by Crippen LogP contribution is -2.10. The van der Waals surface area contributed by atoms with Crippen LogP contribution in [0.5, 0.6) is 5.88 Å². The summed E-state index contributed by atoms with van der Waals surface area (Å²) in [7, 11) is 1.50. The summed E-state index contributed by atoms with van der Waals surface area (Å²) in [5.41, 5.74) is 0.348. The van der Waals surface area contributed by atoms with Gasteiger partial charge >= 0.3 is 0 Å². The van der Waals surface area contributed by atoms with E-state index in [1.807, 2.05) is 0 Å². The van der Waals surface area contributed by atoms with Crippen molar-refractivity contribution in [3.05, 3.63) is 18.1 Å². The quantitative estimate of drug-likeness (QED) is 0.753. The van der Waals surface area contributed by atoms with Crippen LogP contribution in [0.4, 0.5) is 0 Å². The molecule has 0 radical (unpaired) electrons. The molecule has 1 aliphatic carbocycles. The Morgan fingerprint density at radius 1 is 1.41 bits per heavy atom. The van der Waals surface area contributed by atoms with Crippen LogP contribution < -0.4 is 4.74 Å². The molecule has 0 aromatic carbocycles. The summed E-state index contributed by atoms with van der Waals surface area (Å²) in [4.78, 5) is 20.0. The highest BCUT2D eigenvalue weighted by Crippen LogP contribution is 2.30. The Hall–Kier alpha value is -1.10. The van der Waals surface area contributed by atoms with E-state index < -0.39 is 0 Å². The predicted octanol–water partition coefficient (Wildman–Crippen LogP) is 2.34. The van der Waals surface area contributed by atoms with Crippen molar-refractivity contribution in [1.82, 2.24) is 9.97 Å². The molecule has 92 valence electrons. The van der Waals surface area contributed by atoms with Crippen molar-refractivity contribution in [2.45, 2.75) is 30.9 Å². The minimum absolute atomic E-state index is 0.00634. The number of ether oxygens (including phenoxy) is 1. The Bertz CT molecular complexity index is 392. The third kappa shape index (κ3) is 3.19. The number of hydrogen-bond acceptors (Lipinski definition) is 5. The first-order chi connectivity index (χ1) is 8.31. The van der Waals surface area contributed by atoms with E-state index in [4.69, 9.17) is 4.74 Å². The van der Waals surface area contributed by atoms with Gasteiger partial charge in [-0.2, -0.15) is 11.8 Å². The van der Waals surface area contributed by atoms with Gasteiger partial charge in [0.25, 0.3) is 0 Å². The van der Waals surface area contributed by atoms with Gasteiger partial charge in [0.05, 0.1) is 12.9 Å². The van der Waals surface area contributed by atoms with Crippen LogP contribution in [0.1, 0.15) is 36.2 Å². The Balaban J connectivity index is 1.94. The van der Waals surface area contributed by atoms with Crippen LogP contribution in [-0.4, -0.2) is 33.9 Å². The van der Waals surface area contributed by atoms with Crippen LogP contribution >= 0.6 is 11.8 Å². The standard InChI is InChI=1S/C12H16N2O2S/c1-16-12-11(13-6-7-14-12)10(15)8-17-9-4-2-3-5-9/h6-7,9H,2-5,8H2,1H3. The number of thioether (sulfide) groups is 1. The number of hydrogen-bond donors (Lipinski definition) is 0. The second-order valence-electron chi connectivity index (χ2n) is 4.05. The highest BCUT2D eigenvalue weighted by molar-refractivity contribution is 8.00. The largest absolute Gasteiger partial charge is 0.479 e. The zero-order valence-corrected chi connectivity index (χ0v) is 10.7. The molecule has 1 aromatic rings. The van der Waals surface area contributed by atoms with Crippen molar-refractivity contribution in [2.24, 2.45) is 0 Å². The maximum Gasteiger partial charge on any atom is 0.243 e. The summed E-state index contributed by atoms with van der Waals surface area (Å²) in [6.45, 7) is 0. The summed E-state index contributed by atoms with van der Waals surface area (Å²) in [6, 6.07) is 0. The number of ketones is 1. The molecule has 0 N–H and O–H groups in total. The van der Waals surface area contributed by atoms with Crippen molar-refractivity contribution in [3.63, 3.8) is 0 Å². The first kappa shape index (κ1) is 12.4. The fraction of sp³-hybridized carbons (Fsp3) is 0.583. The van der Waals surface area contributed by atoms with Crippen LogP contribution in [0.2, 0.25) is 0 Å². The molecule has 1 aliphatic rings. The number of nitrogens with zero attached hydrogens (tertiary/aromatic N) is 2. The van der Waals surface area contributed by atoms with Gasteiger partial charge in [0.15, 0.2) is 11.5 Å². The van der Waals surface area contributed by atoms with Gasteiger partial charge in [-0.3, -0.25) is 4.79 Å². The van der Waals surface area contributed by atoms with Crippen LogP contribution in [0.3, 0.4) is 0 Å². The number of aromatic nitrogens is 2. The Morgan fingerprint density at radius 2 is 2.12 bits per heavy atom. The first-order valence-electron chi connectivity index (χ1n) is 5.81. The van der Waals surface area contributed by atoms with Gasteiger partial charge in [-0.05, 0) is 12.8 Å². The second-order valence-corrected chi connectivity index (χ2v) is 5.34. The third-order valence-electron chi connectivity index (χ3n) is 2.87. The minimum atomic E-state index is 0.00634. The molecule has 5 heteroatoms. The number of carbonyl (C=O) groups is 1. The molecule has 1 fully saturated rings. The lowest BCUT2D eigenvalue weighted by Gasteiger charge is -2.08. The average Bonchev–Trinajstić information content (AvgIpc) is 2.89.